The summed E-state index contributed by atoms with van der Waals surface area (Å²) in [5.74, 6) is 0.164. The van der Waals surface area contributed by atoms with Crippen LogP contribution in [0.15, 0.2) is 18.2 Å². The minimum Gasteiger partial charge on any atom is -0.327 e. The molecule has 1 rings (SSSR count). The van der Waals surface area contributed by atoms with Gasteiger partial charge in [-0.15, -0.1) is 0 Å². The van der Waals surface area contributed by atoms with E-state index in [1.807, 2.05) is 25.1 Å². The van der Waals surface area contributed by atoms with E-state index in [1.165, 1.54) is 0 Å². The van der Waals surface area contributed by atoms with Crippen LogP contribution in [0.3, 0.4) is 0 Å². The van der Waals surface area contributed by atoms with E-state index >= 15 is 0 Å². The van der Waals surface area contributed by atoms with Gasteiger partial charge in [0.25, 0.3) is 0 Å². The van der Waals surface area contributed by atoms with Crippen LogP contribution >= 0.6 is 11.6 Å². The predicted molar refractivity (Wildman–Crippen MR) is 72.4 cm³/mol. The molecule has 0 radical (unpaired) electrons. The Morgan fingerprint density at radius 2 is 2.18 bits per heavy atom. The van der Waals surface area contributed by atoms with Crippen molar-refractivity contribution < 1.29 is 4.79 Å². The first-order valence-corrected chi connectivity index (χ1v) is 6.43. The van der Waals surface area contributed by atoms with E-state index in [0.717, 1.165) is 24.0 Å². The zero-order valence-electron chi connectivity index (χ0n) is 10.5. The fourth-order valence-corrected chi connectivity index (χ4v) is 2.15. The van der Waals surface area contributed by atoms with Gasteiger partial charge < -0.3 is 5.73 Å². The number of hydrogen-bond acceptors (Lipinski definition) is 2. The van der Waals surface area contributed by atoms with Gasteiger partial charge in [-0.25, -0.2) is 0 Å². The standard InChI is InChI=1S/C14H20ClNO/c1-3-4-12(16)9-13(17)8-11-6-5-10(2)7-14(11)15/h5-7,12H,3-4,8-9,16H2,1-2H3. The summed E-state index contributed by atoms with van der Waals surface area (Å²) in [6, 6.07) is 5.76. The van der Waals surface area contributed by atoms with E-state index in [4.69, 9.17) is 17.3 Å². The molecule has 1 unspecified atom stereocenters. The molecule has 0 aliphatic heterocycles. The van der Waals surface area contributed by atoms with Crippen molar-refractivity contribution in [1.29, 1.82) is 0 Å². The molecule has 0 spiro atoms. The predicted octanol–water partition coefficient (Wildman–Crippen LogP) is 3.28. The van der Waals surface area contributed by atoms with E-state index in [0.29, 0.717) is 17.9 Å². The van der Waals surface area contributed by atoms with Crippen LogP contribution in [0.5, 0.6) is 0 Å². The molecule has 1 atom stereocenters. The maximum absolute atomic E-state index is 11.8. The summed E-state index contributed by atoms with van der Waals surface area (Å²) in [4.78, 5) is 11.8. The SMILES string of the molecule is CCCC(N)CC(=O)Cc1ccc(C)cc1Cl. The maximum atomic E-state index is 11.8. The van der Waals surface area contributed by atoms with Crippen LogP contribution < -0.4 is 5.73 Å². The number of carbonyl (C=O) groups is 1. The number of hydrogen-bond donors (Lipinski definition) is 1. The molecule has 0 bridgehead atoms. The Hall–Kier alpha value is -0.860. The number of rotatable bonds is 6. The van der Waals surface area contributed by atoms with Crippen LogP contribution in [0, 0.1) is 6.92 Å². The molecule has 3 heteroatoms. The molecule has 0 saturated carbocycles. The summed E-state index contributed by atoms with van der Waals surface area (Å²) in [5.41, 5.74) is 7.85. The number of halogens is 1. The molecule has 2 N–H and O–H groups in total. The fraction of sp³-hybridized carbons (Fsp3) is 0.500. The van der Waals surface area contributed by atoms with E-state index in [9.17, 15) is 4.79 Å². The topological polar surface area (TPSA) is 43.1 Å². The van der Waals surface area contributed by atoms with Crippen LogP contribution in [-0.2, 0) is 11.2 Å². The molecular weight excluding hydrogens is 234 g/mol. The highest BCUT2D eigenvalue weighted by Crippen LogP contribution is 2.19. The third-order valence-electron chi connectivity index (χ3n) is 2.75. The lowest BCUT2D eigenvalue weighted by atomic mass is 10.0. The van der Waals surface area contributed by atoms with Crippen molar-refractivity contribution in [3.05, 3.63) is 34.3 Å². The van der Waals surface area contributed by atoms with Crippen molar-refractivity contribution in [2.24, 2.45) is 5.73 Å². The van der Waals surface area contributed by atoms with E-state index in [-0.39, 0.29) is 11.8 Å². The van der Waals surface area contributed by atoms with Crippen LogP contribution in [0.2, 0.25) is 5.02 Å². The third kappa shape index (κ3) is 4.88. The van der Waals surface area contributed by atoms with Crippen molar-refractivity contribution >= 4 is 17.4 Å². The lowest BCUT2D eigenvalue weighted by molar-refractivity contribution is -0.118. The zero-order valence-corrected chi connectivity index (χ0v) is 11.3. The van der Waals surface area contributed by atoms with Gasteiger partial charge in [0, 0.05) is 23.9 Å². The minimum absolute atomic E-state index is 0.0169. The Kier molecular flexibility index (Phi) is 5.66. The Balaban J connectivity index is 2.56. The number of ketones is 1. The van der Waals surface area contributed by atoms with E-state index in [2.05, 4.69) is 6.92 Å². The smallest absolute Gasteiger partial charge is 0.138 e. The van der Waals surface area contributed by atoms with Gasteiger partial charge in [0.05, 0.1) is 0 Å². The molecular formula is C14H20ClNO. The lowest BCUT2D eigenvalue weighted by Crippen LogP contribution is -2.24. The normalized spacial score (nSPS) is 12.5. The first-order valence-electron chi connectivity index (χ1n) is 6.05. The monoisotopic (exact) mass is 253 g/mol. The van der Waals surface area contributed by atoms with Gasteiger partial charge in [0.1, 0.15) is 5.78 Å². The van der Waals surface area contributed by atoms with E-state index < -0.39 is 0 Å². The zero-order chi connectivity index (χ0) is 12.8. The fourth-order valence-electron chi connectivity index (χ4n) is 1.85. The quantitative estimate of drug-likeness (QED) is 0.846. The number of nitrogens with two attached hydrogens (primary N) is 1. The summed E-state index contributed by atoms with van der Waals surface area (Å²) in [6.45, 7) is 4.05. The molecule has 17 heavy (non-hydrogen) atoms. The summed E-state index contributed by atoms with van der Waals surface area (Å²) in [5, 5.41) is 0.669. The van der Waals surface area contributed by atoms with Gasteiger partial charge in [-0.05, 0) is 30.5 Å². The number of Topliss-reactive ketones (excluding diaryl/α,β-unsaturated/α-hetero) is 1. The third-order valence-corrected chi connectivity index (χ3v) is 3.10. The first kappa shape index (κ1) is 14.2. The van der Waals surface area contributed by atoms with Crippen molar-refractivity contribution in [3.63, 3.8) is 0 Å². The second kappa shape index (κ2) is 6.77. The molecule has 0 fully saturated rings. The van der Waals surface area contributed by atoms with Gasteiger partial charge in [-0.3, -0.25) is 4.79 Å². The molecule has 2 nitrogen and oxygen atoms in total. The van der Waals surface area contributed by atoms with Gasteiger partial charge in [0.2, 0.25) is 0 Å². The molecule has 0 saturated heterocycles. The van der Waals surface area contributed by atoms with Gasteiger partial charge in [-0.2, -0.15) is 0 Å². The van der Waals surface area contributed by atoms with Crippen LogP contribution in [-0.4, -0.2) is 11.8 Å². The lowest BCUT2D eigenvalue weighted by Gasteiger charge is -2.10. The largest absolute Gasteiger partial charge is 0.327 e. The Labute approximate surface area is 108 Å². The van der Waals surface area contributed by atoms with Gasteiger partial charge >= 0.3 is 0 Å². The molecule has 0 aliphatic carbocycles. The molecule has 1 aromatic carbocycles. The Morgan fingerprint density at radius 1 is 1.47 bits per heavy atom. The van der Waals surface area contributed by atoms with Gasteiger partial charge in [-0.1, -0.05) is 37.1 Å². The molecule has 0 aromatic heterocycles. The summed E-state index contributed by atoms with van der Waals surface area (Å²) in [7, 11) is 0. The minimum atomic E-state index is -0.0169. The highest BCUT2D eigenvalue weighted by Gasteiger charge is 2.11. The average Bonchev–Trinajstić information content (AvgIpc) is 2.22. The number of carbonyl (C=O) groups excluding carboxylic acids is 1. The highest BCUT2D eigenvalue weighted by atomic mass is 35.5. The molecule has 94 valence electrons. The Bertz CT molecular complexity index is 390. The molecule has 0 heterocycles. The van der Waals surface area contributed by atoms with Crippen molar-refractivity contribution in [1.82, 2.24) is 0 Å². The molecule has 0 amide bonds. The Morgan fingerprint density at radius 3 is 2.76 bits per heavy atom. The van der Waals surface area contributed by atoms with E-state index in [1.54, 1.807) is 0 Å². The van der Waals surface area contributed by atoms with Crippen LogP contribution in [0.1, 0.15) is 37.3 Å². The first-order chi connectivity index (χ1) is 8.02. The maximum Gasteiger partial charge on any atom is 0.138 e. The van der Waals surface area contributed by atoms with Crippen molar-refractivity contribution in [2.75, 3.05) is 0 Å². The van der Waals surface area contributed by atoms with Crippen molar-refractivity contribution in [3.8, 4) is 0 Å². The summed E-state index contributed by atoms with van der Waals surface area (Å²) < 4.78 is 0. The van der Waals surface area contributed by atoms with Crippen LogP contribution in [0.4, 0.5) is 0 Å². The second-order valence-electron chi connectivity index (χ2n) is 4.56. The number of aryl methyl sites for hydroxylation is 1. The summed E-state index contributed by atoms with van der Waals surface area (Å²) in [6.07, 6.45) is 2.74. The second-order valence-corrected chi connectivity index (χ2v) is 4.97. The molecule has 0 aliphatic rings. The average molecular weight is 254 g/mol. The number of benzene rings is 1. The van der Waals surface area contributed by atoms with Crippen LogP contribution in [0.25, 0.3) is 0 Å². The van der Waals surface area contributed by atoms with Crippen molar-refractivity contribution in [2.45, 2.75) is 45.6 Å². The van der Waals surface area contributed by atoms with Gasteiger partial charge in [0.15, 0.2) is 0 Å². The molecule has 1 aromatic rings. The highest BCUT2D eigenvalue weighted by molar-refractivity contribution is 6.31. The summed E-state index contributed by atoms with van der Waals surface area (Å²) >= 11 is 6.09.